The van der Waals surface area contributed by atoms with Gasteiger partial charge in [-0.3, -0.25) is 9.59 Å². The van der Waals surface area contributed by atoms with Crippen molar-refractivity contribution in [1.82, 2.24) is 5.32 Å². The molecule has 0 aliphatic heterocycles. The van der Waals surface area contributed by atoms with Crippen molar-refractivity contribution in [1.29, 1.82) is 0 Å². The Labute approximate surface area is 113 Å². The van der Waals surface area contributed by atoms with E-state index in [-0.39, 0.29) is 5.41 Å². The Morgan fingerprint density at radius 3 is 2.37 bits per heavy atom. The lowest BCUT2D eigenvalue weighted by Crippen LogP contribution is -2.49. The van der Waals surface area contributed by atoms with Crippen LogP contribution in [0.2, 0.25) is 0 Å². The molecule has 0 aliphatic carbocycles. The summed E-state index contributed by atoms with van der Waals surface area (Å²) in [5, 5.41) is 3.11. The molecule has 1 rings (SSSR count). The van der Waals surface area contributed by atoms with Crippen LogP contribution in [0.4, 0.5) is 0 Å². The van der Waals surface area contributed by atoms with Gasteiger partial charge in [-0.05, 0) is 23.1 Å². The first-order valence-electron chi connectivity index (χ1n) is 6.13. The summed E-state index contributed by atoms with van der Waals surface area (Å²) < 4.78 is 0. The lowest BCUT2D eigenvalue weighted by molar-refractivity contribution is -0.122. The number of carbonyl (C=O) groups excluding carboxylic acids is 2. The molecule has 19 heavy (non-hydrogen) atoms. The average molecular weight is 263 g/mol. The van der Waals surface area contributed by atoms with Crippen molar-refractivity contribution in [2.75, 3.05) is 0 Å². The zero-order valence-corrected chi connectivity index (χ0v) is 11.6. The third-order valence-corrected chi connectivity index (χ3v) is 2.87. The minimum absolute atomic E-state index is 0.271. The number of primary amides is 2. The molecule has 1 atom stereocenters. The highest BCUT2D eigenvalue weighted by Crippen LogP contribution is 2.19. The van der Waals surface area contributed by atoms with Gasteiger partial charge in [0.2, 0.25) is 11.8 Å². The fraction of sp³-hybridized carbons (Fsp3) is 0.429. The summed E-state index contributed by atoms with van der Waals surface area (Å²) >= 11 is 0. The molecule has 1 aromatic carbocycles. The van der Waals surface area contributed by atoms with E-state index >= 15 is 0 Å². The molecule has 0 fully saturated rings. The van der Waals surface area contributed by atoms with Crippen LogP contribution in [0, 0.1) is 5.41 Å². The molecular formula is C14H21N3O2. The minimum atomic E-state index is -0.468. The lowest BCUT2D eigenvalue weighted by Gasteiger charge is -2.29. The standard InChI is InChI=1S/C14H21N3O2/c1-14(2,3)11(13(16)19)17-8-9-5-4-6-10(7-9)12(15)18/h4-7,11,17H,8H2,1-3H3,(H2,15,18)(H2,16,19). The number of amides is 2. The van der Waals surface area contributed by atoms with Crippen molar-refractivity contribution in [3.63, 3.8) is 0 Å². The van der Waals surface area contributed by atoms with Crippen molar-refractivity contribution >= 4 is 11.8 Å². The van der Waals surface area contributed by atoms with Crippen molar-refractivity contribution in [2.45, 2.75) is 33.4 Å². The van der Waals surface area contributed by atoms with E-state index in [4.69, 9.17) is 11.5 Å². The quantitative estimate of drug-likeness (QED) is 0.732. The normalized spacial score (nSPS) is 13.0. The lowest BCUT2D eigenvalue weighted by atomic mass is 9.86. The molecule has 1 aromatic rings. The summed E-state index contributed by atoms with van der Waals surface area (Å²) in [4.78, 5) is 22.5. The Kier molecular flexibility index (Phi) is 4.67. The first-order valence-corrected chi connectivity index (χ1v) is 6.13. The van der Waals surface area contributed by atoms with Gasteiger partial charge < -0.3 is 16.8 Å². The van der Waals surface area contributed by atoms with Gasteiger partial charge in [-0.15, -0.1) is 0 Å². The van der Waals surface area contributed by atoms with Gasteiger partial charge in [-0.1, -0.05) is 32.9 Å². The van der Waals surface area contributed by atoms with Crippen LogP contribution in [0.5, 0.6) is 0 Å². The van der Waals surface area contributed by atoms with Gasteiger partial charge in [0, 0.05) is 12.1 Å². The smallest absolute Gasteiger partial charge is 0.248 e. The second-order valence-corrected chi connectivity index (χ2v) is 5.65. The molecule has 5 nitrogen and oxygen atoms in total. The summed E-state index contributed by atoms with van der Waals surface area (Å²) in [5.41, 5.74) is 11.7. The van der Waals surface area contributed by atoms with Gasteiger partial charge in [0.15, 0.2) is 0 Å². The highest BCUT2D eigenvalue weighted by molar-refractivity contribution is 5.92. The molecule has 1 unspecified atom stereocenters. The van der Waals surface area contributed by atoms with E-state index in [2.05, 4.69) is 5.32 Å². The third kappa shape index (κ3) is 4.37. The summed E-state index contributed by atoms with van der Waals surface area (Å²) in [7, 11) is 0. The van der Waals surface area contributed by atoms with E-state index in [0.717, 1.165) is 5.56 Å². The maximum Gasteiger partial charge on any atom is 0.248 e. The topological polar surface area (TPSA) is 98.2 Å². The Morgan fingerprint density at radius 1 is 1.26 bits per heavy atom. The van der Waals surface area contributed by atoms with Gasteiger partial charge in [0.1, 0.15) is 0 Å². The van der Waals surface area contributed by atoms with Crippen LogP contribution in [-0.4, -0.2) is 17.9 Å². The second kappa shape index (κ2) is 5.84. The number of nitrogens with two attached hydrogens (primary N) is 2. The highest BCUT2D eigenvalue weighted by atomic mass is 16.1. The molecule has 0 heterocycles. The molecule has 0 aromatic heterocycles. The molecule has 0 radical (unpaired) electrons. The van der Waals surface area contributed by atoms with Gasteiger partial charge in [0.05, 0.1) is 6.04 Å². The first kappa shape index (κ1) is 15.2. The van der Waals surface area contributed by atoms with E-state index in [1.807, 2.05) is 26.8 Å². The van der Waals surface area contributed by atoms with Crippen molar-refractivity contribution in [3.8, 4) is 0 Å². The van der Waals surface area contributed by atoms with Gasteiger partial charge in [-0.2, -0.15) is 0 Å². The Balaban J connectivity index is 2.78. The number of carbonyl (C=O) groups is 2. The summed E-state index contributed by atoms with van der Waals surface area (Å²) in [5.74, 6) is -0.859. The van der Waals surface area contributed by atoms with Gasteiger partial charge in [-0.25, -0.2) is 0 Å². The van der Waals surface area contributed by atoms with Crippen LogP contribution in [0.15, 0.2) is 24.3 Å². The zero-order valence-electron chi connectivity index (χ0n) is 11.6. The predicted octanol–water partition coefficient (Wildman–Crippen LogP) is 0.775. The van der Waals surface area contributed by atoms with E-state index in [1.165, 1.54) is 0 Å². The highest BCUT2D eigenvalue weighted by Gasteiger charge is 2.28. The van der Waals surface area contributed by atoms with E-state index in [1.54, 1.807) is 18.2 Å². The van der Waals surface area contributed by atoms with Gasteiger partial charge in [0.25, 0.3) is 0 Å². The molecule has 0 spiro atoms. The van der Waals surface area contributed by atoms with Crippen LogP contribution < -0.4 is 16.8 Å². The molecule has 0 saturated carbocycles. The molecule has 0 aliphatic rings. The van der Waals surface area contributed by atoms with E-state index in [9.17, 15) is 9.59 Å². The number of hydrogen-bond donors (Lipinski definition) is 3. The number of hydrogen-bond acceptors (Lipinski definition) is 3. The Hall–Kier alpha value is -1.88. The number of benzene rings is 1. The molecular weight excluding hydrogens is 242 g/mol. The monoisotopic (exact) mass is 263 g/mol. The average Bonchev–Trinajstić information content (AvgIpc) is 2.27. The third-order valence-electron chi connectivity index (χ3n) is 2.87. The van der Waals surface area contributed by atoms with E-state index in [0.29, 0.717) is 12.1 Å². The molecule has 2 amide bonds. The molecule has 104 valence electrons. The van der Waals surface area contributed by atoms with E-state index < -0.39 is 17.9 Å². The largest absolute Gasteiger partial charge is 0.368 e. The number of nitrogens with one attached hydrogen (secondary N) is 1. The van der Waals surface area contributed by atoms with Gasteiger partial charge >= 0.3 is 0 Å². The molecule has 5 heteroatoms. The molecule has 5 N–H and O–H groups in total. The second-order valence-electron chi connectivity index (χ2n) is 5.65. The van der Waals surface area contributed by atoms with Crippen molar-refractivity contribution in [2.24, 2.45) is 16.9 Å². The fourth-order valence-corrected chi connectivity index (χ4v) is 1.89. The molecule has 0 bridgehead atoms. The Bertz CT molecular complexity index is 478. The number of rotatable bonds is 5. The summed E-state index contributed by atoms with van der Waals surface area (Å²) in [6, 6.07) is 6.54. The SMILES string of the molecule is CC(C)(C)C(NCc1cccc(C(N)=O)c1)C(N)=O. The zero-order chi connectivity index (χ0) is 14.6. The maximum absolute atomic E-state index is 11.4. The minimum Gasteiger partial charge on any atom is -0.368 e. The summed E-state index contributed by atoms with van der Waals surface area (Å²) in [6.07, 6.45) is 0. The maximum atomic E-state index is 11.4. The Morgan fingerprint density at radius 2 is 1.89 bits per heavy atom. The first-order chi connectivity index (χ1) is 8.71. The van der Waals surface area contributed by atoms with Crippen molar-refractivity contribution in [3.05, 3.63) is 35.4 Å². The summed E-state index contributed by atoms with van der Waals surface area (Å²) in [6.45, 7) is 6.27. The van der Waals surface area contributed by atoms with Crippen molar-refractivity contribution < 1.29 is 9.59 Å². The van der Waals surface area contributed by atoms with Crippen LogP contribution >= 0.6 is 0 Å². The van der Waals surface area contributed by atoms with Crippen LogP contribution in [0.3, 0.4) is 0 Å². The molecule has 0 saturated heterocycles. The van der Waals surface area contributed by atoms with Crippen LogP contribution in [0.25, 0.3) is 0 Å². The van der Waals surface area contributed by atoms with Crippen LogP contribution in [-0.2, 0) is 11.3 Å². The van der Waals surface area contributed by atoms with Crippen LogP contribution in [0.1, 0.15) is 36.7 Å². The fourth-order valence-electron chi connectivity index (χ4n) is 1.89. The predicted molar refractivity (Wildman–Crippen MR) is 74.2 cm³/mol.